The number of aryl methyl sites for hydroxylation is 1. The van der Waals surface area contributed by atoms with Crippen molar-refractivity contribution in [3.63, 3.8) is 0 Å². The van der Waals surface area contributed by atoms with Crippen LogP contribution in [0.3, 0.4) is 0 Å². The largest absolute Gasteiger partial charge is 0.390 e. The van der Waals surface area contributed by atoms with Gasteiger partial charge in [0.2, 0.25) is 0 Å². The Balaban J connectivity index is 1.44. The highest BCUT2D eigenvalue weighted by atomic mass is 79.9. The topological polar surface area (TPSA) is 38.7 Å². The predicted molar refractivity (Wildman–Crippen MR) is 117 cm³/mol. The first kappa shape index (κ1) is 21.5. The van der Waals surface area contributed by atoms with Crippen molar-refractivity contribution in [3.05, 3.63) is 71.8 Å². The van der Waals surface area contributed by atoms with Gasteiger partial charge in [-0.25, -0.2) is 0 Å². The quantitative estimate of drug-likeness (QED) is 0.531. The zero-order valence-corrected chi connectivity index (χ0v) is 18.1. The van der Waals surface area contributed by atoms with Crippen LogP contribution >= 0.6 is 15.9 Å². The van der Waals surface area contributed by atoms with E-state index in [4.69, 9.17) is 9.47 Å². The normalized spacial score (nSPS) is 24.6. The van der Waals surface area contributed by atoms with Crippen molar-refractivity contribution >= 4 is 15.9 Å². The first-order valence-electron chi connectivity index (χ1n) is 10.3. The van der Waals surface area contributed by atoms with E-state index in [1.165, 1.54) is 5.56 Å². The van der Waals surface area contributed by atoms with E-state index in [0.29, 0.717) is 17.9 Å². The van der Waals surface area contributed by atoms with Gasteiger partial charge in [0.05, 0.1) is 31.0 Å². The lowest BCUT2D eigenvalue weighted by atomic mass is 9.95. The number of hydrogen-bond acceptors (Lipinski definition) is 3. The third-order valence-electron chi connectivity index (χ3n) is 5.42. The molecule has 0 bridgehead atoms. The Labute approximate surface area is 177 Å². The van der Waals surface area contributed by atoms with Gasteiger partial charge in [0, 0.05) is 11.2 Å². The highest BCUT2D eigenvalue weighted by Gasteiger charge is 2.30. The van der Waals surface area contributed by atoms with E-state index in [1.807, 2.05) is 43.3 Å². The molecule has 1 unspecified atom stereocenters. The first-order chi connectivity index (χ1) is 13.6. The van der Waals surface area contributed by atoms with Crippen molar-refractivity contribution in [1.29, 1.82) is 0 Å². The van der Waals surface area contributed by atoms with Crippen LogP contribution in [0.15, 0.2) is 60.7 Å². The van der Waals surface area contributed by atoms with E-state index in [0.717, 1.165) is 31.2 Å². The molecule has 1 N–H and O–H groups in total. The summed E-state index contributed by atoms with van der Waals surface area (Å²) >= 11 is 3.79. The van der Waals surface area contributed by atoms with Crippen molar-refractivity contribution in [2.45, 2.75) is 74.9 Å². The zero-order chi connectivity index (χ0) is 19.8. The second-order valence-corrected chi connectivity index (χ2v) is 9.07. The van der Waals surface area contributed by atoms with Gasteiger partial charge in [-0.05, 0) is 43.7 Å². The Kier molecular flexibility index (Phi) is 8.53. The lowest BCUT2D eigenvalue weighted by Gasteiger charge is -2.35. The van der Waals surface area contributed by atoms with Crippen LogP contribution in [0.2, 0.25) is 0 Å². The predicted octanol–water partition coefficient (Wildman–Crippen LogP) is 5.29. The van der Waals surface area contributed by atoms with Gasteiger partial charge in [0.25, 0.3) is 0 Å². The summed E-state index contributed by atoms with van der Waals surface area (Å²) in [4.78, 5) is 0.444. The summed E-state index contributed by atoms with van der Waals surface area (Å²) in [5, 5.41) is 10.6. The van der Waals surface area contributed by atoms with Gasteiger partial charge in [0.15, 0.2) is 0 Å². The van der Waals surface area contributed by atoms with E-state index in [1.54, 1.807) is 0 Å². The van der Waals surface area contributed by atoms with Crippen LogP contribution in [-0.2, 0) is 22.5 Å². The highest BCUT2D eigenvalue weighted by molar-refractivity contribution is 9.09. The smallest absolute Gasteiger partial charge is 0.0824 e. The fraction of sp³-hybridized carbons (Fsp3) is 0.500. The van der Waals surface area contributed by atoms with Gasteiger partial charge in [0.1, 0.15) is 0 Å². The minimum Gasteiger partial charge on any atom is -0.390 e. The van der Waals surface area contributed by atoms with E-state index in [2.05, 4.69) is 40.2 Å². The summed E-state index contributed by atoms with van der Waals surface area (Å²) in [5.74, 6) is 0. The molecular formula is C24H31BrO3. The molecular weight excluding hydrogens is 416 g/mol. The molecule has 0 aliphatic carbocycles. The summed E-state index contributed by atoms with van der Waals surface area (Å²) in [5.41, 5.74) is 2.47. The molecule has 0 saturated carbocycles. The number of benzene rings is 2. The van der Waals surface area contributed by atoms with E-state index >= 15 is 0 Å². The first-order valence-corrected chi connectivity index (χ1v) is 11.2. The third-order valence-corrected chi connectivity index (χ3v) is 6.17. The molecule has 1 heterocycles. The molecule has 1 fully saturated rings. The monoisotopic (exact) mass is 446 g/mol. The van der Waals surface area contributed by atoms with Gasteiger partial charge in [-0.3, -0.25) is 0 Å². The van der Waals surface area contributed by atoms with Crippen LogP contribution in [-0.4, -0.2) is 34.3 Å². The SMILES string of the molecule is C[C@H](OCc1ccccc1)[C@@H](O)C[C@@H]1CC(Br)C[C@H](CCc2ccccc2)O1. The van der Waals surface area contributed by atoms with E-state index in [9.17, 15) is 5.11 Å². The number of aliphatic hydroxyl groups is 1. The molecule has 2 aromatic rings. The Hall–Kier alpha value is -1.20. The average Bonchev–Trinajstić information content (AvgIpc) is 2.71. The molecule has 1 aliphatic heterocycles. The molecule has 1 saturated heterocycles. The summed E-state index contributed by atoms with van der Waals surface area (Å²) in [6, 6.07) is 20.6. The summed E-state index contributed by atoms with van der Waals surface area (Å²) < 4.78 is 12.2. The molecule has 4 heteroatoms. The van der Waals surface area contributed by atoms with E-state index < -0.39 is 6.10 Å². The Morgan fingerprint density at radius 1 is 1.00 bits per heavy atom. The van der Waals surface area contributed by atoms with Crippen molar-refractivity contribution in [3.8, 4) is 0 Å². The van der Waals surface area contributed by atoms with Gasteiger partial charge < -0.3 is 14.6 Å². The minimum atomic E-state index is -0.527. The second kappa shape index (κ2) is 11.1. The molecule has 3 rings (SSSR count). The van der Waals surface area contributed by atoms with E-state index in [-0.39, 0.29) is 18.3 Å². The van der Waals surface area contributed by atoms with Gasteiger partial charge in [-0.15, -0.1) is 0 Å². The van der Waals surface area contributed by atoms with Crippen LogP contribution in [0, 0.1) is 0 Å². The van der Waals surface area contributed by atoms with Crippen molar-refractivity contribution in [2.24, 2.45) is 0 Å². The molecule has 0 aromatic heterocycles. The standard InChI is InChI=1S/C24H31BrO3/c1-18(27-17-20-10-6-3-7-11-20)24(26)16-23-15-21(25)14-22(28-23)13-12-19-8-4-2-5-9-19/h2-11,18,21-24,26H,12-17H2,1H3/t18-,21?,22-,23-,24-/m0/s1. The van der Waals surface area contributed by atoms with Crippen molar-refractivity contribution < 1.29 is 14.6 Å². The summed E-state index contributed by atoms with van der Waals surface area (Å²) in [6.45, 7) is 2.46. The maximum absolute atomic E-state index is 10.6. The molecule has 3 nitrogen and oxygen atoms in total. The molecule has 5 atom stereocenters. The Morgan fingerprint density at radius 2 is 1.61 bits per heavy atom. The molecule has 0 spiro atoms. The molecule has 152 valence electrons. The van der Waals surface area contributed by atoms with Crippen LogP contribution in [0.1, 0.15) is 43.7 Å². The van der Waals surface area contributed by atoms with Crippen LogP contribution in [0.4, 0.5) is 0 Å². The third kappa shape index (κ3) is 7.00. The van der Waals surface area contributed by atoms with Gasteiger partial charge >= 0.3 is 0 Å². The Morgan fingerprint density at radius 3 is 2.29 bits per heavy atom. The number of alkyl halides is 1. The van der Waals surface area contributed by atoms with Crippen LogP contribution < -0.4 is 0 Å². The molecule has 0 radical (unpaired) electrons. The molecule has 2 aromatic carbocycles. The fourth-order valence-corrected chi connectivity index (χ4v) is 4.57. The van der Waals surface area contributed by atoms with Gasteiger partial charge in [-0.2, -0.15) is 0 Å². The number of ether oxygens (including phenoxy) is 2. The van der Waals surface area contributed by atoms with Crippen LogP contribution in [0.5, 0.6) is 0 Å². The Bertz CT molecular complexity index is 679. The minimum absolute atomic E-state index is 0.0664. The molecule has 1 aliphatic rings. The maximum Gasteiger partial charge on any atom is 0.0824 e. The average molecular weight is 447 g/mol. The zero-order valence-electron chi connectivity index (χ0n) is 16.5. The number of halogens is 1. The van der Waals surface area contributed by atoms with Crippen molar-refractivity contribution in [2.75, 3.05) is 0 Å². The summed E-state index contributed by atoms with van der Waals surface area (Å²) in [7, 11) is 0. The summed E-state index contributed by atoms with van der Waals surface area (Å²) in [6.07, 6.45) is 4.16. The molecule has 28 heavy (non-hydrogen) atoms. The van der Waals surface area contributed by atoms with Gasteiger partial charge in [-0.1, -0.05) is 76.6 Å². The lowest BCUT2D eigenvalue weighted by Crippen LogP contribution is -2.38. The number of hydrogen-bond donors (Lipinski definition) is 1. The lowest BCUT2D eigenvalue weighted by molar-refractivity contribution is -0.0958. The van der Waals surface area contributed by atoms with Crippen molar-refractivity contribution in [1.82, 2.24) is 0 Å². The molecule has 0 amide bonds. The number of aliphatic hydroxyl groups excluding tert-OH is 1. The highest BCUT2D eigenvalue weighted by Crippen LogP contribution is 2.30. The van der Waals surface area contributed by atoms with Crippen LogP contribution in [0.25, 0.3) is 0 Å². The number of rotatable bonds is 9. The maximum atomic E-state index is 10.6. The second-order valence-electron chi connectivity index (χ2n) is 7.78. The fourth-order valence-electron chi connectivity index (χ4n) is 3.73.